The van der Waals surface area contributed by atoms with Crippen LogP contribution in [0.3, 0.4) is 0 Å². The van der Waals surface area contributed by atoms with Crippen LogP contribution in [-0.4, -0.2) is 10.1 Å². The lowest BCUT2D eigenvalue weighted by Gasteiger charge is -2.01. The van der Waals surface area contributed by atoms with Crippen molar-refractivity contribution in [1.29, 1.82) is 0 Å². The van der Waals surface area contributed by atoms with Crippen LogP contribution < -0.4 is 4.73 Å². The van der Waals surface area contributed by atoms with Gasteiger partial charge in [0.15, 0.2) is 11.9 Å². The van der Waals surface area contributed by atoms with E-state index in [0.717, 1.165) is 11.8 Å². The molecule has 4 heteroatoms. The zero-order chi connectivity index (χ0) is 9.97. The average Bonchev–Trinajstić information content (AvgIpc) is 2.18. The van der Waals surface area contributed by atoms with Crippen molar-refractivity contribution in [2.45, 2.75) is 0 Å². The maximum Gasteiger partial charge on any atom is 0.222 e. The molecule has 1 N–H and O–H groups in total. The molecule has 0 amide bonds. The van der Waals surface area contributed by atoms with E-state index in [1.807, 2.05) is 0 Å². The summed E-state index contributed by atoms with van der Waals surface area (Å²) in [6.45, 7) is 0. The topological polar surface area (TPSA) is 60.1 Å². The Hall–Kier alpha value is -2.10. The summed E-state index contributed by atoms with van der Waals surface area (Å²) in [5, 5.41) is 20.2. The second-order valence-corrected chi connectivity index (χ2v) is 2.88. The van der Waals surface area contributed by atoms with Crippen molar-refractivity contribution in [3.8, 4) is 16.9 Å². The van der Waals surface area contributed by atoms with E-state index >= 15 is 0 Å². The fraction of sp³-hybridized carbons (Fsp3) is 0. The van der Waals surface area contributed by atoms with Crippen molar-refractivity contribution in [3.05, 3.63) is 48.2 Å². The van der Waals surface area contributed by atoms with Crippen molar-refractivity contribution < 1.29 is 9.84 Å². The third-order valence-electron chi connectivity index (χ3n) is 1.84. The van der Waals surface area contributed by atoms with Gasteiger partial charge in [0, 0.05) is 18.5 Å². The molecule has 2 aromatic rings. The predicted molar refractivity (Wildman–Crippen MR) is 50.3 cm³/mol. The van der Waals surface area contributed by atoms with Gasteiger partial charge < -0.3 is 10.3 Å². The minimum atomic E-state index is -0.0469. The molecule has 2 aromatic heterocycles. The van der Waals surface area contributed by atoms with E-state index in [-0.39, 0.29) is 5.75 Å². The second kappa shape index (κ2) is 3.33. The summed E-state index contributed by atoms with van der Waals surface area (Å²) >= 11 is 0. The van der Waals surface area contributed by atoms with Gasteiger partial charge in [-0.3, -0.25) is 4.98 Å². The highest BCUT2D eigenvalue weighted by Crippen LogP contribution is 2.19. The van der Waals surface area contributed by atoms with Crippen LogP contribution in [0.5, 0.6) is 5.75 Å². The highest BCUT2D eigenvalue weighted by atomic mass is 16.5. The van der Waals surface area contributed by atoms with Gasteiger partial charge in [-0.25, -0.2) is 0 Å². The van der Waals surface area contributed by atoms with Gasteiger partial charge in [-0.15, -0.1) is 0 Å². The van der Waals surface area contributed by atoms with Crippen LogP contribution in [0.2, 0.25) is 0 Å². The number of pyridine rings is 2. The first kappa shape index (κ1) is 8.50. The molecule has 0 aliphatic carbocycles. The molecule has 0 saturated carbocycles. The van der Waals surface area contributed by atoms with Crippen LogP contribution in [0.4, 0.5) is 0 Å². The summed E-state index contributed by atoms with van der Waals surface area (Å²) in [7, 11) is 0. The molecule has 2 heterocycles. The fourth-order valence-electron chi connectivity index (χ4n) is 1.24. The largest absolute Gasteiger partial charge is 0.619 e. The second-order valence-electron chi connectivity index (χ2n) is 2.88. The molecule has 0 bridgehead atoms. The SMILES string of the molecule is [O-][n+]1cc(O)cc(-c2ccncc2)c1. The Morgan fingerprint density at radius 3 is 2.50 bits per heavy atom. The number of aromatic hydroxyl groups is 1. The Labute approximate surface area is 80.7 Å². The summed E-state index contributed by atoms with van der Waals surface area (Å²) in [4.78, 5) is 3.87. The summed E-state index contributed by atoms with van der Waals surface area (Å²) in [5.41, 5.74) is 1.52. The number of rotatable bonds is 1. The van der Waals surface area contributed by atoms with Gasteiger partial charge in [-0.05, 0) is 17.7 Å². The van der Waals surface area contributed by atoms with Crippen LogP contribution >= 0.6 is 0 Å². The number of hydrogen-bond acceptors (Lipinski definition) is 3. The van der Waals surface area contributed by atoms with Crippen LogP contribution in [0.25, 0.3) is 11.1 Å². The first-order valence-corrected chi connectivity index (χ1v) is 4.09. The van der Waals surface area contributed by atoms with Crippen LogP contribution in [0, 0.1) is 5.21 Å². The normalized spacial score (nSPS) is 10.0. The third-order valence-corrected chi connectivity index (χ3v) is 1.84. The zero-order valence-electron chi connectivity index (χ0n) is 7.29. The van der Waals surface area contributed by atoms with Gasteiger partial charge in [-0.2, -0.15) is 4.73 Å². The van der Waals surface area contributed by atoms with Gasteiger partial charge in [0.2, 0.25) is 6.20 Å². The van der Waals surface area contributed by atoms with Crippen molar-refractivity contribution in [3.63, 3.8) is 0 Å². The minimum Gasteiger partial charge on any atom is -0.619 e. The monoisotopic (exact) mass is 188 g/mol. The molecule has 14 heavy (non-hydrogen) atoms. The van der Waals surface area contributed by atoms with E-state index in [2.05, 4.69) is 4.98 Å². The molecule has 0 aliphatic heterocycles. The van der Waals surface area contributed by atoms with E-state index in [4.69, 9.17) is 0 Å². The predicted octanol–water partition coefficient (Wildman–Crippen LogP) is 1.09. The lowest BCUT2D eigenvalue weighted by atomic mass is 10.1. The summed E-state index contributed by atoms with van der Waals surface area (Å²) < 4.78 is 0.574. The van der Waals surface area contributed by atoms with Gasteiger partial charge in [0.25, 0.3) is 0 Å². The molecule has 0 aliphatic rings. The molecule has 0 radical (unpaired) electrons. The van der Waals surface area contributed by atoms with E-state index in [1.165, 1.54) is 12.3 Å². The molecule has 0 saturated heterocycles. The van der Waals surface area contributed by atoms with Gasteiger partial charge in [-0.1, -0.05) is 0 Å². The minimum absolute atomic E-state index is 0.0469. The Morgan fingerprint density at radius 1 is 1.14 bits per heavy atom. The molecule has 0 fully saturated rings. The lowest BCUT2D eigenvalue weighted by molar-refractivity contribution is -0.605. The number of hydrogen-bond donors (Lipinski definition) is 1. The Morgan fingerprint density at radius 2 is 1.86 bits per heavy atom. The molecule has 0 unspecified atom stereocenters. The van der Waals surface area contributed by atoms with Crippen LogP contribution in [-0.2, 0) is 0 Å². The smallest absolute Gasteiger partial charge is 0.222 e. The van der Waals surface area contributed by atoms with Gasteiger partial charge in [0.1, 0.15) is 0 Å². The van der Waals surface area contributed by atoms with Crippen molar-refractivity contribution >= 4 is 0 Å². The molecule has 0 spiro atoms. The fourth-order valence-corrected chi connectivity index (χ4v) is 1.24. The number of aromatic nitrogens is 2. The van der Waals surface area contributed by atoms with E-state index in [1.54, 1.807) is 24.5 Å². The average molecular weight is 188 g/mol. The molecule has 70 valence electrons. The number of nitrogens with zero attached hydrogens (tertiary/aromatic N) is 2. The first-order chi connectivity index (χ1) is 6.75. The molecular formula is C10H8N2O2. The zero-order valence-corrected chi connectivity index (χ0v) is 7.29. The third kappa shape index (κ3) is 1.64. The molecule has 0 aromatic carbocycles. The summed E-state index contributed by atoms with van der Waals surface area (Å²) in [6, 6.07) is 5.08. The van der Waals surface area contributed by atoms with Gasteiger partial charge in [0.05, 0.1) is 5.56 Å². The quantitative estimate of drug-likeness (QED) is 0.538. The molecule has 2 rings (SSSR count). The highest BCUT2D eigenvalue weighted by molar-refractivity contribution is 5.62. The van der Waals surface area contributed by atoms with Crippen LogP contribution in [0.15, 0.2) is 43.0 Å². The molecular weight excluding hydrogens is 180 g/mol. The maximum absolute atomic E-state index is 11.0. The maximum atomic E-state index is 11.0. The summed E-state index contributed by atoms with van der Waals surface area (Å²) in [6.07, 6.45) is 5.77. The van der Waals surface area contributed by atoms with E-state index < -0.39 is 0 Å². The Kier molecular flexibility index (Phi) is 2.02. The Balaban J connectivity index is 2.52. The van der Waals surface area contributed by atoms with Crippen LogP contribution in [0.1, 0.15) is 0 Å². The van der Waals surface area contributed by atoms with Crippen molar-refractivity contribution in [2.24, 2.45) is 0 Å². The first-order valence-electron chi connectivity index (χ1n) is 4.09. The Bertz CT molecular complexity index is 423. The van der Waals surface area contributed by atoms with Crippen molar-refractivity contribution in [2.75, 3.05) is 0 Å². The van der Waals surface area contributed by atoms with Crippen molar-refractivity contribution in [1.82, 2.24) is 4.98 Å². The van der Waals surface area contributed by atoms with Gasteiger partial charge >= 0.3 is 0 Å². The highest BCUT2D eigenvalue weighted by Gasteiger charge is 2.03. The molecule has 0 atom stereocenters. The lowest BCUT2D eigenvalue weighted by Crippen LogP contribution is -2.24. The summed E-state index contributed by atoms with van der Waals surface area (Å²) in [5.74, 6) is -0.0469. The van der Waals surface area contributed by atoms with E-state index in [0.29, 0.717) is 10.3 Å². The van der Waals surface area contributed by atoms with E-state index in [9.17, 15) is 10.3 Å². The standard InChI is InChI=1S/C10H8N2O2/c13-10-5-9(6-12(14)7-10)8-1-3-11-4-2-8/h1-7,13H. The molecule has 4 nitrogen and oxygen atoms in total.